The van der Waals surface area contributed by atoms with Crippen LogP contribution >= 0.6 is 0 Å². The van der Waals surface area contributed by atoms with E-state index in [4.69, 9.17) is 4.74 Å². The Bertz CT molecular complexity index is 465. The van der Waals surface area contributed by atoms with Crippen molar-refractivity contribution in [3.63, 3.8) is 0 Å². The van der Waals surface area contributed by atoms with Gasteiger partial charge in [0.05, 0.1) is 5.69 Å². The van der Waals surface area contributed by atoms with Gasteiger partial charge in [-0.05, 0) is 36.8 Å². The molecular formula is C14H15NO. The third kappa shape index (κ3) is 2.34. The third-order valence-corrected chi connectivity index (χ3v) is 2.38. The Balaban J connectivity index is 2.28. The quantitative estimate of drug-likeness (QED) is 0.836. The second-order valence-electron chi connectivity index (χ2n) is 3.66. The summed E-state index contributed by atoms with van der Waals surface area (Å²) in [6, 6.07) is 15.9. The van der Waals surface area contributed by atoms with Crippen molar-refractivity contribution in [2.24, 2.45) is 0 Å². The Morgan fingerprint density at radius 2 is 1.75 bits per heavy atom. The van der Waals surface area contributed by atoms with Crippen molar-refractivity contribution in [3.05, 3.63) is 54.1 Å². The van der Waals surface area contributed by atoms with E-state index in [1.165, 1.54) is 5.56 Å². The van der Waals surface area contributed by atoms with Gasteiger partial charge in [-0.25, -0.2) is 0 Å². The maximum atomic E-state index is 5.79. The molecule has 2 rings (SSSR count). The fraction of sp³-hybridized carbons (Fsp3) is 0.143. The van der Waals surface area contributed by atoms with Crippen LogP contribution in [0.4, 0.5) is 5.69 Å². The van der Waals surface area contributed by atoms with Crippen LogP contribution in [0.25, 0.3) is 0 Å². The number of ether oxygens (including phenoxy) is 1. The number of hydrogen-bond donors (Lipinski definition) is 1. The molecule has 0 aliphatic heterocycles. The molecule has 0 saturated carbocycles. The molecule has 0 aromatic heterocycles. The van der Waals surface area contributed by atoms with Gasteiger partial charge in [0.1, 0.15) is 5.75 Å². The van der Waals surface area contributed by atoms with E-state index in [1.807, 2.05) is 49.5 Å². The van der Waals surface area contributed by atoms with Gasteiger partial charge >= 0.3 is 0 Å². The average Bonchev–Trinajstić information content (AvgIpc) is 2.33. The lowest BCUT2D eigenvalue weighted by Crippen LogP contribution is -1.93. The number of benzene rings is 2. The van der Waals surface area contributed by atoms with Crippen LogP contribution in [0.3, 0.4) is 0 Å². The van der Waals surface area contributed by atoms with Crippen molar-refractivity contribution in [1.29, 1.82) is 0 Å². The van der Waals surface area contributed by atoms with Crippen molar-refractivity contribution >= 4 is 5.69 Å². The van der Waals surface area contributed by atoms with Crippen LogP contribution in [0.1, 0.15) is 5.56 Å². The van der Waals surface area contributed by atoms with Gasteiger partial charge in [-0.1, -0.05) is 24.3 Å². The minimum atomic E-state index is 0.847. The lowest BCUT2D eigenvalue weighted by atomic mass is 10.2. The van der Waals surface area contributed by atoms with Crippen molar-refractivity contribution < 1.29 is 4.74 Å². The largest absolute Gasteiger partial charge is 0.455 e. The van der Waals surface area contributed by atoms with Gasteiger partial charge in [-0.2, -0.15) is 0 Å². The van der Waals surface area contributed by atoms with Crippen molar-refractivity contribution in [2.45, 2.75) is 6.92 Å². The molecule has 2 nitrogen and oxygen atoms in total. The molecule has 0 bridgehead atoms. The van der Waals surface area contributed by atoms with Crippen LogP contribution in [0, 0.1) is 6.92 Å². The van der Waals surface area contributed by atoms with E-state index in [-0.39, 0.29) is 0 Å². The smallest absolute Gasteiger partial charge is 0.150 e. The van der Waals surface area contributed by atoms with Crippen LogP contribution < -0.4 is 10.1 Å². The molecular weight excluding hydrogens is 198 g/mol. The Morgan fingerprint density at radius 1 is 1.00 bits per heavy atom. The molecule has 0 fully saturated rings. The van der Waals surface area contributed by atoms with E-state index in [9.17, 15) is 0 Å². The molecule has 0 aliphatic rings. The minimum Gasteiger partial charge on any atom is -0.455 e. The highest BCUT2D eigenvalue weighted by molar-refractivity contribution is 5.58. The first-order chi connectivity index (χ1) is 7.79. The van der Waals surface area contributed by atoms with E-state index in [0.717, 1.165) is 17.2 Å². The standard InChI is InChI=1S/C14H15NO/c1-11-8-9-14(13(10-11)15-2)16-12-6-4-3-5-7-12/h3-10,15H,1-2H3. The van der Waals surface area contributed by atoms with Crippen LogP contribution in [0.15, 0.2) is 48.5 Å². The number of rotatable bonds is 3. The summed E-state index contributed by atoms with van der Waals surface area (Å²) in [5.41, 5.74) is 2.22. The summed E-state index contributed by atoms with van der Waals surface area (Å²) >= 11 is 0. The fourth-order valence-electron chi connectivity index (χ4n) is 1.54. The number of nitrogens with one attached hydrogen (secondary N) is 1. The highest BCUT2D eigenvalue weighted by atomic mass is 16.5. The van der Waals surface area contributed by atoms with E-state index in [0.29, 0.717) is 0 Å². The third-order valence-electron chi connectivity index (χ3n) is 2.38. The van der Waals surface area contributed by atoms with Gasteiger partial charge in [0.15, 0.2) is 5.75 Å². The van der Waals surface area contributed by atoms with Gasteiger partial charge in [-0.15, -0.1) is 0 Å². The molecule has 0 heterocycles. The molecule has 0 atom stereocenters. The van der Waals surface area contributed by atoms with Crippen molar-refractivity contribution in [1.82, 2.24) is 0 Å². The maximum Gasteiger partial charge on any atom is 0.150 e. The van der Waals surface area contributed by atoms with Gasteiger partial charge in [0.25, 0.3) is 0 Å². The van der Waals surface area contributed by atoms with E-state index >= 15 is 0 Å². The van der Waals surface area contributed by atoms with Gasteiger partial charge in [0.2, 0.25) is 0 Å². The summed E-state index contributed by atoms with van der Waals surface area (Å²) in [5, 5.41) is 3.13. The first-order valence-electron chi connectivity index (χ1n) is 5.31. The number of hydrogen-bond acceptors (Lipinski definition) is 2. The summed E-state index contributed by atoms with van der Waals surface area (Å²) in [7, 11) is 1.90. The average molecular weight is 213 g/mol. The summed E-state index contributed by atoms with van der Waals surface area (Å²) in [4.78, 5) is 0. The highest BCUT2D eigenvalue weighted by Crippen LogP contribution is 2.29. The monoisotopic (exact) mass is 213 g/mol. The predicted octanol–water partition coefficient (Wildman–Crippen LogP) is 3.83. The first kappa shape index (κ1) is 10.6. The van der Waals surface area contributed by atoms with Gasteiger partial charge in [-0.3, -0.25) is 0 Å². The number of aryl methyl sites for hydroxylation is 1. The SMILES string of the molecule is CNc1cc(C)ccc1Oc1ccccc1. The zero-order valence-electron chi connectivity index (χ0n) is 9.53. The Hall–Kier alpha value is -1.96. The van der Waals surface area contributed by atoms with Crippen LogP contribution in [0.2, 0.25) is 0 Å². The van der Waals surface area contributed by atoms with Crippen LogP contribution in [-0.4, -0.2) is 7.05 Å². The molecule has 2 aromatic carbocycles. The summed E-state index contributed by atoms with van der Waals surface area (Å²) in [6.07, 6.45) is 0. The summed E-state index contributed by atoms with van der Waals surface area (Å²) in [6.45, 7) is 2.06. The molecule has 0 amide bonds. The lowest BCUT2D eigenvalue weighted by molar-refractivity contribution is 0.484. The summed E-state index contributed by atoms with van der Waals surface area (Å²) in [5.74, 6) is 1.70. The highest BCUT2D eigenvalue weighted by Gasteiger charge is 2.03. The lowest BCUT2D eigenvalue weighted by Gasteiger charge is -2.11. The predicted molar refractivity (Wildman–Crippen MR) is 67.2 cm³/mol. The number of para-hydroxylation sites is 1. The molecule has 82 valence electrons. The van der Waals surface area contributed by atoms with E-state index in [2.05, 4.69) is 18.3 Å². The van der Waals surface area contributed by atoms with E-state index in [1.54, 1.807) is 0 Å². The fourth-order valence-corrected chi connectivity index (χ4v) is 1.54. The van der Waals surface area contributed by atoms with Crippen molar-refractivity contribution in [2.75, 3.05) is 12.4 Å². The second-order valence-corrected chi connectivity index (χ2v) is 3.66. The van der Waals surface area contributed by atoms with E-state index < -0.39 is 0 Å². The second kappa shape index (κ2) is 4.71. The van der Waals surface area contributed by atoms with Crippen molar-refractivity contribution in [3.8, 4) is 11.5 Å². The zero-order valence-corrected chi connectivity index (χ0v) is 9.53. The normalized spacial score (nSPS) is 9.88. The molecule has 16 heavy (non-hydrogen) atoms. The maximum absolute atomic E-state index is 5.79. The molecule has 1 N–H and O–H groups in total. The van der Waals surface area contributed by atoms with Gasteiger partial charge < -0.3 is 10.1 Å². The van der Waals surface area contributed by atoms with Crippen LogP contribution in [0.5, 0.6) is 11.5 Å². The minimum absolute atomic E-state index is 0.847. The van der Waals surface area contributed by atoms with Crippen LogP contribution in [-0.2, 0) is 0 Å². The molecule has 0 aliphatic carbocycles. The molecule has 0 unspecified atom stereocenters. The zero-order chi connectivity index (χ0) is 11.4. The number of anilines is 1. The molecule has 0 saturated heterocycles. The molecule has 2 heteroatoms. The Labute approximate surface area is 95.9 Å². The Kier molecular flexibility index (Phi) is 3.10. The molecule has 0 spiro atoms. The molecule has 2 aromatic rings. The molecule has 0 radical (unpaired) electrons. The summed E-state index contributed by atoms with van der Waals surface area (Å²) < 4.78 is 5.79. The Morgan fingerprint density at radius 3 is 2.44 bits per heavy atom. The topological polar surface area (TPSA) is 21.3 Å². The first-order valence-corrected chi connectivity index (χ1v) is 5.31. The van der Waals surface area contributed by atoms with Gasteiger partial charge in [0, 0.05) is 7.05 Å².